The zero-order chi connectivity index (χ0) is 13.3. The number of fused-ring (bicyclic) bond motifs is 1. The lowest BCUT2D eigenvalue weighted by Crippen LogP contribution is -2.53. The van der Waals surface area contributed by atoms with Crippen LogP contribution in [0.1, 0.15) is 19.4 Å². The van der Waals surface area contributed by atoms with E-state index in [-0.39, 0.29) is 11.6 Å². The molecule has 1 aromatic rings. The second-order valence-corrected chi connectivity index (χ2v) is 5.07. The molecule has 1 unspecified atom stereocenters. The molecule has 0 aromatic heterocycles. The number of hydrogen-bond acceptors (Lipinski definition) is 4. The number of ether oxygens (including phenoxy) is 3. The molecule has 1 aliphatic heterocycles. The highest BCUT2D eigenvalue weighted by molar-refractivity contribution is 5.52. The van der Waals surface area contributed by atoms with Gasteiger partial charge in [-0.1, -0.05) is 0 Å². The van der Waals surface area contributed by atoms with Crippen LogP contribution in [0, 0.1) is 0 Å². The first kappa shape index (κ1) is 13.0. The van der Waals surface area contributed by atoms with Crippen molar-refractivity contribution in [2.45, 2.75) is 31.9 Å². The normalized spacial score (nSPS) is 20.8. The minimum Gasteiger partial charge on any atom is -0.493 e. The van der Waals surface area contributed by atoms with Gasteiger partial charge in [-0.15, -0.1) is 0 Å². The fourth-order valence-electron chi connectivity index (χ4n) is 2.43. The Morgan fingerprint density at radius 3 is 2.39 bits per heavy atom. The summed E-state index contributed by atoms with van der Waals surface area (Å²) in [4.78, 5) is 0. The molecule has 1 N–H and O–H groups in total. The van der Waals surface area contributed by atoms with E-state index in [1.807, 2.05) is 19.2 Å². The van der Waals surface area contributed by atoms with Crippen LogP contribution >= 0.6 is 0 Å². The Morgan fingerprint density at radius 2 is 1.83 bits per heavy atom. The maximum Gasteiger partial charge on any atom is 0.164 e. The second-order valence-electron chi connectivity index (χ2n) is 5.07. The van der Waals surface area contributed by atoms with Crippen molar-refractivity contribution in [1.82, 2.24) is 5.32 Å². The van der Waals surface area contributed by atoms with Crippen molar-refractivity contribution in [2.24, 2.45) is 0 Å². The highest BCUT2D eigenvalue weighted by Crippen LogP contribution is 2.40. The molecule has 1 atom stereocenters. The van der Waals surface area contributed by atoms with Gasteiger partial charge in [-0.2, -0.15) is 0 Å². The van der Waals surface area contributed by atoms with Crippen LogP contribution in [0.15, 0.2) is 12.1 Å². The van der Waals surface area contributed by atoms with Gasteiger partial charge in [0.2, 0.25) is 0 Å². The summed E-state index contributed by atoms with van der Waals surface area (Å²) >= 11 is 0. The van der Waals surface area contributed by atoms with E-state index in [9.17, 15) is 0 Å². The molecule has 0 saturated heterocycles. The van der Waals surface area contributed by atoms with Crippen LogP contribution in [0.3, 0.4) is 0 Å². The van der Waals surface area contributed by atoms with Crippen molar-refractivity contribution in [3.05, 3.63) is 17.7 Å². The molecule has 18 heavy (non-hydrogen) atoms. The Hall–Kier alpha value is -1.42. The van der Waals surface area contributed by atoms with Crippen LogP contribution in [-0.4, -0.2) is 32.9 Å². The van der Waals surface area contributed by atoms with E-state index in [2.05, 4.69) is 19.2 Å². The molecular formula is C14H21NO3. The highest BCUT2D eigenvalue weighted by atomic mass is 16.5. The molecule has 0 saturated carbocycles. The third-order valence-electron chi connectivity index (χ3n) is 3.55. The molecule has 0 aliphatic carbocycles. The largest absolute Gasteiger partial charge is 0.493 e. The van der Waals surface area contributed by atoms with Crippen LogP contribution in [0.2, 0.25) is 0 Å². The maximum atomic E-state index is 6.07. The molecule has 0 spiro atoms. The zero-order valence-electron chi connectivity index (χ0n) is 11.7. The Balaban J connectivity index is 2.43. The second kappa shape index (κ2) is 4.69. The molecule has 100 valence electrons. The number of rotatable bonds is 3. The smallest absolute Gasteiger partial charge is 0.164 e. The fraction of sp³-hybridized carbons (Fsp3) is 0.571. The Labute approximate surface area is 108 Å². The Kier molecular flexibility index (Phi) is 3.39. The molecule has 1 aliphatic rings. The van der Waals surface area contributed by atoms with Crippen LogP contribution in [0.25, 0.3) is 0 Å². The summed E-state index contributed by atoms with van der Waals surface area (Å²) in [5.74, 6) is 2.33. The summed E-state index contributed by atoms with van der Waals surface area (Å²) in [5.41, 5.74) is 0.910. The summed E-state index contributed by atoms with van der Waals surface area (Å²) in [7, 11) is 5.24. The molecule has 1 aromatic carbocycles. The van der Waals surface area contributed by atoms with E-state index in [0.29, 0.717) is 5.75 Å². The third kappa shape index (κ3) is 2.12. The molecule has 1 heterocycles. The van der Waals surface area contributed by atoms with Crippen molar-refractivity contribution >= 4 is 0 Å². The van der Waals surface area contributed by atoms with Gasteiger partial charge in [0.05, 0.1) is 20.3 Å². The average molecular weight is 251 g/mol. The quantitative estimate of drug-likeness (QED) is 0.892. The van der Waals surface area contributed by atoms with Gasteiger partial charge in [-0.25, -0.2) is 0 Å². The van der Waals surface area contributed by atoms with E-state index in [1.165, 1.54) is 0 Å². The first-order valence-corrected chi connectivity index (χ1v) is 6.13. The average Bonchev–Trinajstić information content (AvgIpc) is 2.35. The van der Waals surface area contributed by atoms with Crippen LogP contribution in [0.5, 0.6) is 17.2 Å². The molecule has 4 nitrogen and oxygen atoms in total. The van der Waals surface area contributed by atoms with Gasteiger partial charge in [0.15, 0.2) is 11.5 Å². The van der Waals surface area contributed by atoms with Gasteiger partial charge in [0.25, 0.3) is 0 Å². The molecular weight excluding hydrogens is 230 g/mol. The van der Waals surface area contributed by atoms with E-state index in [1.54, 1.807) is 14.2 Å². The fourth-order valence-corrected chi connectivity index (χ4v) is 2.43. The molecule has 0 bridgehead atoms. The molecule has 4 heteroatoms. The van der Waals surface area contributed by atoms with Gasteiger partial charge in [0.1, 0.15) is 11.4 Å². The van der Waals surface area contributed by atoms with E-state index in [0.717, 1.165) is 23.5 Å². The van der Waals surface area contributed by atoms with Crippen molar-refractivity contribution in [3.8, 4) is 17.2 Å². The van der Waals surface area contributed by atoms with Gasteiger partial charge < -0.3 is 19.5 Å². The van der Waals surface area contributed by atoms with Gasteiger partial charge in [-0.05, 0) is 38.9 Å². The van der Waals surface area contributed by atoms with E-state index < -0.39 is 0 Å². The van der Waals surface area contributed by atoms with Crippen molar-refractivity contribution in [1.29, 1.82) is 0 Å². The number of benzene rings is 1. The van der Waals surface area contributed by atoms with E-state index in [4.69, 9.17) is 14.2 Å². The zero-order valence-corrected chi connectivity index (χ0v) is 11.7. The first-order valence-electron chi connectivity index (χ1n) is 6.13. The summed E-state index contributed by atoms with van der Waals surface area (Å²) in [6.45, 7) is 4.18. The van der Waals surface area contributed by atoms with Crippen molar-refractivity contribution in [2.75, 3.05) is 21.3 Å². The Bertz CT molecular complexity index is 443. The van der Waals surface area contributed by atoms with Gasteiger partial charge in [-0.3, -0.25) is 0 Å². The summed E-state index contributed by atoms with van der Waals surface area (Å²) < 4.78 is 16.7. The number of methoxy groups -OCH3 is 2. The van der Waals surface area contributed by atoms with Gasteiger partial charge >= 0.3 is 0 Å². The SMILES string of the molecule is CNC1Cc2cc(OC)c(OC)cc2OC1(C)C. The van der Waals surface area contributed by atoms with E-state index >= 15 is 0 Å². The summed E-state index contributed by atoms with van der Waals surface area (Å²) in [5, 5.41) is 3.30. The number of nitrogens with one attached hydrogen (secondary N) is 1. The third-order valence-corrected chi connectivity index (χ3v) is 3.55. The Morgan fingerprint density at radius 1 is 1.22 bits per heavy atom. The molecule has 0 fully saturated rings. The maximum absolute atomic E-state index is 6.07. The van der Waals surface area contributed by atoms with Crippen molar-refractivity contribution in [3.63, 3.8) is 0 Å². The summed E-state index contributed by atoms with van der Waals surface area (Å²) in [6.07, 6.45) is 0.916. The standard InChI is InChI=1S/C14H21NO3/c1-14(2)13(15-3)7-9-6-11(16-4)12(17-5)8-10(9)18-14/h6,8,13,15H,7H2,1-5H3. The number of likely N-dealkylation sites (N-methyl/N-ethyl adjacent to an activating group) is 1. The monoisotopic (exact) mass is 251 g/mol. The van der Waals surface area contributed by atoms with Crippen LogP contribution < -0.4 is 19.5 Å². The summed E-state index contributed by atoms with van der Waals surface area (Å²) in [6, 6.07) is 4.18. The molecule has 0 amide bonds. The minimum absolute atomic E-state index is 0.235. The van der Waals surface area contributed by atoms with Gasteiger partial charge in [0, 0.05) is 6.07 Å². The van der Waals surface area contributed by atoms with Crippen LogP contribution in [-0.2, 0) is 6.42 Å². The highest BCUT2D eigenvalue weighted by Gasteiger charge is 2.36. The lowest BCUT2D eigenvalue weighted by atomic mass is 9.88. The van der Waals surface area contributed by atoms with Crippen LogP contribution in [0.4, 0.5) is 0 Å². The molecule has 2 rings (SSSR count). The van der Waals surface area contributed by atoms with Crippen molar-refractivity contribution < 1.29 is 14.2 Å². The predicted molar refractivity (Wildman–Crippen MR) is 70.8 cm³/mol. The lowest BCUT2D eigenvalue weighted by Gasteiger charge is -2.40. The topological polar surface area (TPSA) is 39.7 Å². The first-order chi connectivity index (χ1) is 8.51. The number of hydrogen-bond donors (Lipinski definition) is 1. The lowest BCUT2D eigenvalue weighted by molar-refractivity contribution is 0.0512. The molecule has 0 radical (unpaired) electrons. The predicted octanol–water partition coefficient (Wildman–Crippen LogP) is 2.01. The minimum atomic E-state index is -0.235.